The number of nitrogens with zero attached hydrogens (tertiary/aromatic N) is 1. The fraction of sp³-hybridized carbons (Fsp3) is 0.269. The number of hydrogen-bond donors (Lipinski definition) is 0. The van der Waals surface area contributed by atoms with Crippen LogP contribution in [0.4, 0.5) is 13.2 Å². The molecule has 1 aliphatic heterocycles. The standard InChI is InChI=1S/C26H23ClF3NO4/c1-33-23-12-16-10-11-31(25(32)19-8-3-4-9-21(19)27)22(20(16)14-24(23)34-2)15-35-18-7-5-6-17(13-18)26(28,29)30/h3-9,12-14,22H,10-11,15H2,1-2H3. The normalized spacial score (nSPS) is 15.4. The van der Waals surface area contributed by atoms with Crippen molar-refractivity contribution in [1.29, 1.82) is 0 Å². The zero-order valence-corrected chi connectivity index (χ0v) is 19.8. The Balaban J connectivity index is 1.71. The molecule has 0 aliphatic carbocycles. The van der Waals surface area contributed by atoms with E-state index >= 15 is 0 Å². The van der Waals surface area contributed by atoms with Crippen molar-refractivity contribution in [2.24, 2.45) is 0 Å². The largest absolute Gasteiger partial charge is 0.493 e. The third-order valence-electron chi connectivity index (χ3n) is 5.94. The molecule has 0 radical (unpaired) electrons. The molecule has 9 heteroatoms. The highest BCUT2D eigenvalue weighted by molar-refractivity contribution is 6.33. The maximum Gasteiger partial charge on any atom is 0.416 e. The van der Waals surface area contributed by atoms with Crippen LogP contribution in [0.5, 0.6) is 17.2 Å². The average Bonchev–Trinajstić information content (AvgIpc) is 2.85. The number of hydrogen-bond acceptors (Lipinski definition) is 4. The summed E-state index contributed by atoms with van der Waals surface area (Å²) in [5, 5.41) is 0.313. The van der Waals surface area contributed by atoms with E-state index in [1.165, 1.54) is 26.4 Å². The summed E-state index contributed by atoms with van der Waals surface area (Å²) in [6.07, 6.45) is -3.95. The van der Waals surface area contributed by atoms with Gasteiger partial charge in [-0.25, -0.2) is 0 Å². The quantitative estimate of drug-likeness (QED) is 0.400. The summed E-state index contributed by atoms with van der Waals surface area (Å²) in [7, 11) is 3.04. The Labute approximate surface area is 206 Å². The number of methoxy groups -OCH3 is 2. The molecule has 5 nitrogen and oxygen atoms in total. The minimum atomic E-state index is -4.49. The Kier molecular flexibility index (Phi) is 7.12. The summed E-state index contributed by atoms with van der Waals surface area (Å²) in [6, 6.07) is 14.4. The van der Waals surface area contributed by atoms with Crippen molar-refractivity contribution >= 4 is 17.5 Å². The van der Waals surface area contributed by atoms with Gasteiger partial charge in [-0.3, -0.25) is 4.79 Å². The van der Waals surface area contributed by atoms with Crippen molar-refractivity contribution < 1.29 is 32.2 Å². The van der Waals surface area contributed by atoms with Gasteiger partial charge >= 0.3 is 6.18 Å². The van der Waals surface area contributed by atoms with Gasteiger partial charge in [-0.1, -0.05) is 29.8 Å². The van der Waals surface area contributed by atoms with Gasteiger partial charge in [0.2, 0.25) is 0 Å². The van der Waals surface area contributed by atoms with E-state index in [2.05, 4.69) is 0 Å². The zero-order valence-electron chi connectivity index (χ0n) is 19.1. The fourth-order valence-electron chi connectivity index (χ4n) is 4.18. The summed E-state index contributed by atoms with van der Waals surface area (Å²) in [5.74, 6) is 0.781. The first kappa shape index (κ1) is 24.7. The summed E-state index contributed by atoms with van der Waals surface area (Å²) in [4.78, 5) is 15.1. The van der Waals surface area contributed by atoms with Gasteiger partial charge in [0, 0.05) is 6.54 Å². The van der Waals surface area contributed by atoms with Crippen LogP contribution in [0.1, 0.15) is 33.1 Å². The molecule has 4 rings (SSSR count). The first-order valence-electron chi connectivity index (χ1n) is 10.8. The average molecular weight is 506 g/mol. The van der Waals surface area contributed by atoms with E-state index in [1.807, 2.05) is 6.07 Å². The third-order valence-corrected chi connectivity index (χ3v) is 6.27. The lowest BCUT2D eigenvalue weighted by Gasteiger charge is -2.38. The number of alkyl halides is 3. The third kappa shape index (κ3) is 5.17. The first-order chi connectivity index (χ1) is 16.7. The molecule has 184 valence electrons. The van der Waals surface area contributed by atoms with Crippen LogP contribution in [0.15, 0.2) is 60.7 Å². The van der Waals surface area contributed by atoms with Crippen LogP contribution >= 0.6 is 11.6 Å². The van der Waals surface area contributed by atoms with Gasteiger partial charge in [0.15, 0.2) is 11.5 Å². The summed E-state index contributed by atoms with van der Waals surface area (Å²) < 4.78 is 56.2. The van der Waals surface area contributed by atoms with Crippen LogP contribution in [0.3, 0.4) is 0 Å². The van der Waals surface area contributed by atoms with Gasteiger partial charge in [-0.2, -0.15) is 13.2 Å². The van der Waals surface area contributed by atoms with Gasteiger partial charge in [0.1, 0.15) is 12.4 Å². The van der Waals surface area contributed by atoms with Crippen molar-refractivity contribution in [3.63, 3.8) is 0 Å². The summed E-state index contributed by atoms with van der Waals surface area (Å²) in [6.45, 7) is 0.295. The van der Waals surface area contributed by atoms with Gasteiger partial charge < -0.3 is 19.1 Å². The molecule has 1 aliphatic rings. The van der Waals surface area contributed by atoms with E-state index in [1.54, 1.807) is 35.2 Å². The highest BCUT2D eigenvalue weighted by Crippen LogP contribution is 2.39. The summed E-state index contributed by atoms with van der Waals surface area (Å²) >= 11 is 6.28. The lowest BCUT2D eigenvalue weighted by molar-refractivity contribution is -0.137. The lowest BCUT2D eigenvalue weighted by atomic mass is 9.91. The highest BCUT2D eigenvalue weighted by Gasteiger charge is 2.34. The number of benzene rings is 3. The number of carbonyl (C=O) groups excluding carboxylic acids is 1. The monoisotopic (exact) mass is 505 g/mol. The number of carbonyl (C=O) groups is 1. The minimum Gasteiger partial charge on any atom is -0.493 e. The molecule has 0 bridgehead atoms. The first-order valence-corrected chi connectivity index (χ1v) is 11.2. The number of amides is 1. The maximum atomic E-state index is 13.5. The molecule has 0 fully saturated rings. The molecule has 0 N–H and O–H groups in total. The molecule has 1 amide bonds. The number of halogens is 4. The van der Waals surface area contributed by atoms with E-state index < -0.39 is 17.8 Å². The molecular weight excluding hydrogens is 483 g/mol. The van der Waals surface area contributed by atoms with Gasteiger partial charge in [-0.05, 0) is 60.0 Å². The zero-order chi connectivity index (χ0) is 25.2. The van der Waals surface area contributed by atoms with E-state index in [4.69, 9.17) is 25.8 Å². The summed E-state index contributed by atoms with van der Waals surface area (Å²) in [5.41, 5.74) is 1.22. The highest BCUT2D eigenvalue weighted by atomic mass is 35.5. The second kappa shape index (κ2) is 10.1. The van der Waals surface area contributed by atoms with Crippen molar-refractivity contribution in [3.8, 4) is 17.2 Å². The lowest BCUT2D eigenvalue weighted by Crippen LogP contribution is -2.42. The van der Waals surface area contributed by atoms with Gasteiger partial charge in [0.25, 0.3) is 5.91 Å². The molecule has 3 aromatic rings. The predicted octanol–water partition coefficient (Wildman–Crippen LogP) is 6.19. The Bertz CT molecular complexity index is 1230. The Morgan fingerprint density at radius 2 is 1.74 bits per heavy atom. The Hall–Kier alpha value is -3.39. The van der Waals surface area contributed by atoms with Crippen LogP contribution in [-0.4, -0.2) is 38.2 Å². The van der Waals surface area contributed by atoms with Crippen LogP contribution in [0, 0.1) is 0 Å². The molecule has 0 aromatic heterocycles. The van der Waals surface area contributed by atoms with E-state index in [-0.39, 0.29) is 18.3 Å². The van der Waals surface area contributed by atoms with Crippen LogP contribution in [0.25, 0.3) is 0 Å². The molecule has 0 spiro atoms. The molecule has 1 atom stereocenters. The molecule has 0 saturated carbocycles. The fourth-order valence-corrected chi connectivity index (χ4v) is 4.39. The number of rotatable bonds is 6. The molecule has 35 heavy (non-hydrogen) atoms. The van der Waals surface area contributed by atoms with Gasteiger partial charge in [0.05, 0.1) is 36.4 Å². The maximum absolute atomic E-state index is 13.5. The van der Waals surface area contributed by atoms with Crippen molar-refractivity contribution in [3.05, 3.63) is 87.9 Å². The smallest absolute Gasteiger partial charge is 0.416 e. The predicted molar refractivity (Wildman–Crippen MR) is 125 cm³/mol. The Morgan fingerprint density at radius 3 is 2.43 bits per heavy atom. The van der Waals surface area contributed by atoms with Crippen LogP contribution in [0.2, 0.25) is 5.02 Å². The van der Waals surface area contributed by atoms with Crippen LogP contribution < -0.4 is 14.2 Å². The second-order valence-corrected chi connectivity index (χ2v) is 8.39. The second-order valence-electron chi connectivity index (χ2n) is 7.99. The number of ether oxygens (including phenoxy) is 3. The topological polar surface area (TPSA) is 48.0 Å². The Morgan fingerprint density at radius 1 is 1.03 bits per heavy atom. The molecule has 0 saturated heterocycles. The molecule has 1 heterocycles. The van der Waals surface area contributed by atoms with E-state index in [0.29, 0.717) is 35.1 Å². The van der Waals surface area contributed by atoms with Crippen molar-refractivity contribution in [1.82, 2.24) is 4.90 Å². The van der Waals surface area contributed by atoms with Crippen LogP contribution in [-0.2, 0) is 12.6 Å². The SMILES string of the molecule is COc1cc2c(cc1OC)C(COc1cccc(C(F)(F)F)c1)N(C(=O)c1ccccc1Cl)CC2. The molecule has 3 aromatic carbocycles. The van der Waals surface area contributed by atoms with Crippen molar-refractivity contribution in [2.75, 3.05) is 27.4 Å². The van der Waals surface area contributed by atoms with Gasteiger partial charge in [-0.15, -0.1) is 0 Å². The molecular formula is C26H23ClF3NO4. The molecule has 1 unspecified atom stereocenters. The van der Waals surface area contributed by atoms with E-state index in [0.717, 1.165) is 23.3 Å². The van der Waals surface area contributed by atoms with E-state index in [9.17, 15) is 18.0 Å². The number of fused-ring (bicyclic) bond motifs is 1. The minimum absolute atomic E-state index is 0.0533. The van der Waals surface area contributed by atoms with Crippen molar-refractivity contribution in [2.45, 2.75) is 18.6 Å².